The van der Waals surface area contributed by atoms with Crippen molar-refractivity contribution in [3.05, 3.63) is 48.2 Å². The molecule has 1 aromatic carbocycles. The molecule has 0 bridgehead atoms. The topological polar surface area (TPSA) is 63.1 Å². The van der Waals surface area contributed by atoms with Gasteiger partial charge in [-0.1, -0.05) is 30.3 Å². The number of carbonyl (C=O) groups excluding carboxylic acids is 1. The van der Waals surface area contributed by atoms with Crippen LogP contribution >= 0.6 is 24.8 Å². The van der Waals surface area contributed by atoms with Crippen molar-refractivity contribution in [1.82, 2.24) is 25.0 Å². The van der Waals surface area contributed by atoms with Gasteiger partial charge in [0, 0.05) is 37.8 Å². The molecule has 0 radical (unpaired) electrons. The molecule has 1 N–H and O–H groups in total. The Kier molecular flexibility index (Phi) is 7.41. The number of nitrogens with zero attached hydrogens (tertiary/aromatic N) is 4. The zero-order chi connectivity index (χ0) is 18.1. The maximum atomic E-state index is 13.3. The minimum Gasteiger partial charge on any atom is -0.333 e. The Morgan fingerprint density at radius 1 is 1.25 bits per heavy atom. The third-order valence-electron chi connectivity index (χ3n) is 4.97. The number of amides is 1. The lowest BCUT2D eigenvalue weighted by atomic mass is 10.0. The van der Waals surface area contributed by atoms with Crippen molar-refractivity contribution < 1.29 is 4.79 Å². The van der Waals surface area contributed by atoms with Crippen LogP contribution in [0.25, 0.3) is 22.3 Å². The molecule has 28 heavy (non-hydrogen) atoms. The summed E-state index contributed by atoms with van der Waals surface area (Å²) in [4.78, 5) is 20.1. The second-order valence-corrected chi connectivity index (χ2v) is 6.67. The fourth-order valence-electron chi connectivity index (χ4n) is 3.51. The summed E-state index contributed by atoms with van der Waals surface area (Å²) in [6, 6.07) is 12.1. The first kappa shape index (κ1) is 22.1. The van der Waals surface area contributed by atoms with Crippen molar-refractivity contribution in [2.24, 2.45) is 0 Å². The maximum Gasteiger partial charge on any atom is 0.255 e. The molecule has 1 fully saturated rings. The third-order valence-corrected chi connectivity index (χ3v) is 4.97. The molecule has 8 heteroatoms. The van der Waals surface area contributed by atoms with E-state index in [0.29, 0.717) is 18.7 Å². The fourth-order valence-corrected chi connectivity index (χ4v) is 3.51. The first-order valence-electron chi connectivity index (χ1n) is 9.12. The van der Waals surface area contributed by atoms with E-state index in [2.05, 4.69) is 17.3 Å². The first-order valence-corrected chi connectivity index (χ1v) is 9.12. The highest BCUT2D eigenvalue weighted by Crippen LogP contribution is 2.26. The van der Waals surface area contributed by atoms with Gasteiger partial charge in [-0.3, -0.25) is 4.79 Å². The summed E-state index contributed by atoms with van der Waals surface area (Å²) in [5, 5.41) is 8.58. The molecule has 0 saturated carbocycles. The largest absolute Gasteiger partial charge is 0.333 e. The van der Waals surface area contributed by atoms with Crippen LogP contribution < -0.4 is 5.32 Å². The van der Waals surface area contributed by atoms with Gasteiger partial charge < -0.3 is 10.2 Å². The van der Waals surface area contributed by atoms with E-state index in [1.54, 1.807) is 6.20 Å². The highest BCUT2D eigenvalue weighted by atomic mass is 35.5. The van der Waals surface area contributed by atoms with Crippen molar-refractivity contribution >= 4 is 41.8 Å². The summed E-state index contributed by atoms with van der Waals surface area (Å²) in [6.07, 6.45) is 1.76. The van der Waals surface area contributed by atoms with Crippen molar-refractivity contribution in [3.63, 3.8) is 0 Å². The Hall–Kier alpha value is -2.15. The summed E-state index contributed by atoms with van der Waals surface area (Å²) >= 11 is 0. The highest BCUT2D eigenvalue weighted by Gasteiger charge is 2.27. The van der Waals surface area contributed by atoms with Gasteiger partial charge in [-0.25, -0.2) is 9.67 Å². The Balaban J connectivity index is 0.00000140. The summed E-state index contributed by atoms with van der Waals surface area (Å²) < 4.78 is 1.85. The van der Waals surface area contributed by atoms with E-state index < -0.39 is 0 Å². The van der Waals surface area contributed by atoms with Gasteiger partial charge in [0.15, 0.2) is 5.65 Å². The van der Waals surface area contributed by atoms with Crippen LogP contribution in [0.2, 0.25) is 0 Å². The van der Waals surface area contributed by atoms with Gasteiger partial charge in [0.25, 0.3) is 5.91 Å². The number of nitrogens with one attached hydrogen (secondary N) is 1. The van der Waals surface area contributed by atoms with Gasteiger partial charge in [0.1, 0.15) is 0 Å². The quantitative estimate of drug-likeness (QED) is 0.703. The number of benzene rings is 1. The molecule has 1 aliphatic heterocycles. The van der Waals surface area contributed by atoms with Crippen molar-refractivity contribution in [2.75, 3.05) is 19.6 Å². The molecule has 2 aromatic heterocycles. The lowest BCUT2D eigenvalue weighted by Crippen LogP contribution is -2.52. The smallest absolute Gasteiger partial charge is 0.255 e. The number of hydrogen-bond acceptors (Lipinski definition) is 4. The predicted octanol–water partition coefficient (Wildman–Crippen LogP) is 3.40. The maximum absolute atomic E-state index is 13.3. The van der Waals surface area contributed by atoms with Crippen LogP contribution in [0, 0.1) is 0 Å². The number of fused-ring (bicyclic) bond motifs is 1. The van der Waals surface area contributed by atoms with Crippen molar-refractivity contribution in [1.29, 1.82) is 0 Å². The van der Waals surface area contributed by atoms with Gasteiger partial charge in [-0.05, 0) is 19.9 Å². The molecule has 0 spiro atoms. The van der Waals surface area contributed by atoms with Crippen molar-refractivity contribution in [2.45, 2.75) is 26.4 Å². The van der Waals surface area contributed by atoms with Crippen LogP contribution in [0.5, 0.6) is 0 Å². The number of aromatic nitrogens is 3. The second kappa shape index (κ2) is 9.37. The zero-order valence-corrected chi connectivity index (χ0v) is 17.6. The number of piperazine rings is 1. The molecular weight excluding hydrogens is 397 g/mol. The molecule has 4 rings (SSSR count). The van der Waals surface area contributed by atoms with Gasteiger partial charge in [-0.2, -0.15) is 5.10 Å². The van der Waals surface area contributed by atoms with E-state index in [1.165, 1.54) is 0 Å². The van der Waals surface area contributed by atoms with Crippen LogP contribution in [0.3, 0.4) is 0 Å². The molecule has 1 aliphatic rings. The van der Waals surface area contributed by atoms with Crippen LogP contribution in [-0.4, -0.2) is 51.2 Å². The summed E-state index contributed by atoms with van der Waals surface area (Å²) in [7, 11) is 0. The van der Waals surface area contributed by atoms with E-state index >= 15 is 0 Å². The number of hydrogen-bond donors (Lipinski definition) is 1. The van der Waals surface area contributed by atoms with E-state index in [4.69, 9.17) is 4.98 Å². The van der Waals surface area contributed by atoms with Gasteiger partial charge in [0.05, 0.1) is 22.8 Å². The number of carbonyl (C=O) groups is 1. The van der Waals surface area contributed by atoms with Crippen LogP contribution in [0.15, 0.2) is 42.6 Å². The fraction of sp³-hybridized carbons (Fsp3) is 0.350. The molecule has 1 atom stereocenters. The molecule has 1 saturated heterocycles. The molecule has 6 nitrogen and oxygen atoms in total. The van der Waals surface area contributed by atoms with Crippen LogP contribution in [0.4, 0.5) is 0 Å². The molecule has 0 unspecified atom stereocenters. The van der Waals surface area contributed by atoms with E-state index in [9.17, 15) is 4.79 Å². The predicted molar refractivity (Wildman–Crippen MR) is 117 cm³/mol. The summed E-state index contributed by atoms with van der Waals surface area (Å²) in [5.41, 5.74) is 3.25. The highest BCUT2D eigenvalue weighted by molar-refractivity contribution is 6.06. The van der Waals surface area contributed by atoms with Crippen LogP contribution in [0.1, 0.15) is 24.2 Å². The lowest BCUT2D eigenvalue weighted by molar-refractivity contribution is 0.0658. The molecule has 3 aromatic rings. The number of halogens is 2. The lowest BCUT2D eigenvalue weighted by Gasteiger charge is -2.34. The Morgan fingerprint density at radius 2 is 2.00 bits per heavy atom. The van der Waals surface area contributed by atoms with E-state index in [0.717, 1.165) is 35.4 Å². The second-order valence-electron chi connectivity index (χ2n) is 6.67. The standard InChI is InChI=1S/C20H23N5O.2ClH/c1-3-25-19-17(13-22-25)16(20(26)24-10-9-21-12-14(24)2)11-18(23-19)15-7-5-4-6-8-15;;/h4-8,11,13-14,21H,3,9-10,12H2,1-2H3;2*1H/t14-;;/m0../s1. The van der Waals surface area contributed by atoms with E-state index in [1.807, 2.05) is 52.9 Å². The zero-order valence-electron chi connectivity index (χ0n) is 16.0. The molecule has 3 heterocycles. The third kappa shape index (κ3) is 3.99. The molecule has 1 amide bonds. The monoisotopic (exact) mass is 421 g/mol. The Bertz CT molecular complexity index is 944. The van der Waals surface area contributed by atoms with Gasteiger partial charge in [-0.15, -0.1) is 24.8 Å². The minimum absolute atomic E-state index is 0. The first-order chi connectivity index (χ1) is 12.7. The van der Waals surface area contributed by atoms with Crippen molar-refractivity contribution in [3.8, 4) is 11.3 Å². The molecule has 150 valence electrons. The number of aryl methyl sites for hydroxylation is 1. The SMILES string of the molecule is CCn1ncc2c(C(=O)N3CCNC[C@@H]3C)cc(-c3ccccc3)nc21.Cl.Cl. The minimum atomic E-state index is 0. The molecule has 0 aliphatic carbocycles. The van der Waals surface area contributed by atoms with Crippen LogP contribution in [-0.2, 0) is 6.54 Å². The Morgan fingerprint density at radius 3 is 2.68 bits per heavy atom. The van der Waals surface area contributed by atoms with Gasteiger partial charge >= 0.3 is 0 Å². The number of rotatable bonds is 3. The Labute approximate surface area is 177 Å². The normalized spacial score (nSPS) is 16.4. The molecular formula is C20H25Cl2N5O. The summed E-state index contributed by atoms with van der Waals surface area (Å²) in [6.45, 7) is 7.18. The van der Waals surface area contributed by atoms with Gasteiger partial charge in [0.2, 0.25) is 0 Å². The summed E-state index contributed by atoms with van der Waals surface area (Å²) in [5.74, 6) is 0.0548. The van der Waals surface area contributed by atoms with E-state index in [-0.39, 0.29) is 36.8 Å². The number of pyridine rings is 1. The average Bonchev–Trinajstić information content (AvgIpc) is 3.11. The average molecular weight is 422 g/mol.